The molecule has 2 aromatic rings. The minimum atomic E-state index is -3.71. The molecule has 0 saturated heterocycles. The molecule has 0 aliphatic heterocycles. The SMILES string of the molecule is CN(c1ccccc1C(N)=S)S(=O)(=O)c1ccccc1Br. The molecule has 0 bridgehead atoms. The summed E-state index contributed by atoms with van der Waals surface area (Å²) in [6.07, 6.45) is 0. The molecule has 0 amide bonds. The van der Waals surface area contributed by atoms with E-state index in [2.05, 4.69) is 15.9 Å². The summed E-state index contributed by atoms with van der Waals surface area (Å²) in [5.41, 5.74) is 6.63. The van der Waals surface area contributed by atoms with E-state index in [9.17, 15) is 8.42 Å². The van der Waals surface area contributed by atoms with Gasteiger partial charge in [0.2, 0.25) is 0 Å². The zero-order chi connectivity index (χ0) is 15.6. The van der Waals surface area contributed by atoms with Gasteiger partial charge in [-0.3, -0.25) is 4.31 Å². The molecule has 0 saturated carbocycles. The van der Waals surface area contributed by atoms with Crippen LogP contribution >= 0.6 is 28.1 Å². The van der Waals surface area contributed by atoms with Crippen LogP contribution in [-0.2, 0) is 10.0 Å². The van der Waals surface area contributed by atoms with E-state index in [1.807, 2.05) is 0 Å². The van der Waals surface area contributed by atoms with Crippen molar-refractivity contribution in [2.45, 2.75) is 4.90 Å². The largest absolute Gasteiger partial charge is 0.389 e. The number of sulfonamides is 1. The first-order valence-corrected chi connectivity index (χ1v) is 8.62. The van der Waals surface area contributed by atoms with Crippen molar-refractivity contribution < 1.29 is 8.42 Å². The van der Waals surface area contributed by atoms with E-state index < -0.39 is 10.0 Å². The summed E-state index contributed by atoms with van der Waals surface area (Å²) in [5, 5.41) is 0. The van der Waals surface area contributed by atoms with Crippen LogP contribution in [0.3, 0.4) is 0 Å². The predicted octanol–water partition coefficient (Wildman–Crippen LogP) is 2.91. The quantitative estimate of drug-likeness (QED) is 0.823. The Morgan fingerprint density at radius 1 is 1.14 bits per heavy atom. The van der Waals surface area contributed by atoms with E-state index in [1.165, 1.54) is 11.4 Å². The molecule has 0 aromatic heterocycles. The van der Waals surface area contributed by atoms with Gasteiger partial charge < -0.3 is 5.73 Å². The Bertz CT molecular complexity index is 791. The monoisotopic (exact) mass is 384 g/mol. The van der Waals surface area contributed by atoms with Gasteiger partial charge in [0, 0.05) is 17.1 Å². The molecule has 21 heavy (non-hydrogen) atoms. The maximum absolute atomic E-state index is 12.7. The van der Waals surface area contributed by atoms with Crippen LogP contribution in [0.5, 0.6) is 0 Å². The third-order valence-corrected chi connectivity index (χ3v) is 5.99. The molecule has 0 spiro atoms. The molecule has 0 atom stereocenters. The highest BCUT2D eigenvalue weighted by molar-refractivity contribution is 9.10. The molecule has 2 rings (SSSR count). The van der Waals surface area contributed by atoms with Crippen LogP contribution in [-0.4, -0.2) is 20.5 Å². The van der Waals surface area contributed by atoms with Crippen LogP contribution in [0.4, 0.5) is 5.69 Å². The zero-order valence-corrected chi connectivity index (χ0v) is 14.4. The third-order valence-electron chi connectivity index (χ3n) is 2.98. The molecule has 2 aromatic carbocycles. The number of rotatable bonds is 4. The number of hydrogen-bond acceptors (Lipinski definition) is 3. The second kappa shape index (κ2) is 6.13. The van der Waals surface area contributed by atoms with Gasteiger partial charge in [-0.1, -0.05) is 36.5 Å². The van der Waals surface area contributed by atoms with Gasteiger partial charge in [0.1, 0.15) is 9.88 Å². The van der Waals surface area contributed by atoms with Gasteiger partial charge in [0.25, 0.3) is 10.0 Å². The fraction of sp³-hybridized carbons (Fsp3) is 0.0714. The fourth-order valence-electron chi connectivity index (χ4n) is 1.89. The first-order chi connectivity index (χ1) is 9.85. The summed E-state index contributed by atoms with van der Waals surface area (Å²) in [6, 6.07) is 13.5. The molecule has 0 aliphatic carbocycles. The number of anilines is 1. The average Bonchev–Trinajstić information content (AvgIpc) is 2.46. The number of para-hydroxylation sites is 1. The van der Waals surface area contributed by atoms with Gasteiger partial charge in [0.15, 0.2) is 0 Å². The third kappa shape index (κ3) is 3.09. The Morgan fingerprint density at radius 3 is 2.33 bits per heavy atom. The molecule has 0 aliphatic rings. The fourth-order valence-corrected chi connectivity index (χ4v) is 4.24. The van der Waals surface area contributed by atoms with Crippen LogP contribution in [0.2, 0.25) is 0 Å². The number of benzene rings is 2. The number of nitrogens with zero attached hydrogens (tertiary/aromatic N) is 1. The number of nitrogens with two attached hydrogens (primary N) is 1. The van der Waals surface area contributed by atoms with Crippen LogP contribution in [0.15, 0.2) is 57.9 Å². The van der Waals surface area contributed by atoms with Crippen molar-refractivity contribution in [1.29, 1.82) is 0 Å². The molecule has 110 valence electrons. The topological polar surface area (TPSA) is 63.4 Å². The van der Waals surface area contributed by atoms with Gasteiger partial charge in [-0.2, -0.15) is 0 Å². The van der Waals surface area contributed by atoms with Crippen molar-refractivity contribution in [2.75, 3.05) is 11.4 Å². The molecule has 0 heterocycles. The molecule has 0 fully saturated rings. The van der Waals surface area contributed by atoms with Crippen LogP contribution in [0.25, 0.3) is 0 Å². The van der Waals surface area contributed by atoms with Crippen molar-refractivity contribution in [1.82, 2.24) is 0 Å². The second-order valence-corrected chi connectivity index (χ2v) is 7.52. The summed E-state index contributed by atoms with van der Waals surface area (Å²) in [5.74, 6) is 0. The lowest BCUT2D eigenvalue weighted by Crippen LogP contribution is -2.29. The summed E-state index contributed by atoms with van der Waals surface area (Å²) < 4.78 is 27.2. The average molecular weight is 385 g/mol. The summed E-state index contributed by atoms with van der Waals surface area (Å²) in [6.45, 7) is 0. The Labute approximate surface area is 137 Å². The zero-order valence-electron chi connectivity index (χ0n) is 11.2. The Hall–Kier alpha value is -1.44. The van der Waals surface area contributed by atoms with Gasteiger partial charge in [-0.25, -0.2) is 8.42 Å². The number of halogens is 1. The molecule has 0 unspecified atom stereocenters. The lowest BCUT2D eigenvalue weighted by Gasteiger charge is -2.22. The number of hydrogen-bond donors (Lipinski definition) is 1. The minimum Gasteiger partial charge on any atom is -0.389 e. The maximum atomic E-state index is 12.7. The first-order valence-electron chi connectivity index (χ1n) is 5.98. The summed E-state index contributed by atoms with van der Waals surface area (Å²) in [7, 11) is -2.23. The van der Waals surface area contributed by atoms with Crippen molar-refractivity contribution in [2.24, 2.45) is 5.73 Å². The lowest BCUT2D eigenvalue weighted by molar-refractivity contribution is 0.594. The summed E-state index contributed by atoms with van der Waals surface area (Å²) in [4.78, 5) is 0.338. The van der Waals surface area contributed by atoms with Crippen LogP contribution < -0.4 is 10.0 Å². The minimum absolute atomic E-state index is 0.153. The van der Waals surface area contributed by atoms with Gasteiger partial charge in [-0.05, 0) is 40.2 Å². The van der Waals surface area contributed by atoms with E-state index in [1.54, 1.807) is 48.5 Å². The Balaban J connectivity index is 2.57. The molecule has 0 radical (unpaired) electrons. The molecular weight excluding hydrogens is 372 g/mol. The van der Waals surface area contributed by atoms with Crippen LogP contribution in [0.1, 0.15) is 5.56 Å². The van der Waals surface area contributed by atoms with Crippen molar-refractivity contribution in [3.63, 3.8) is 0 Å². The molecule has 4 nitrogen and oxygen atoms in total. The Kier molecular flexibility index (Phi) is 4.65. The van der Waals surface area contributed by atoms with E-state index in [0.29, 0.717) is 15.7 Å². The van der Waals surface area contributed by atoms with Crippen molar-refractivity contribution in [3.8, 4) is 0 Å². The normalized spacial score (nSPS) is 11.1. The highest BCUT2D eigenvalue weighted by Gasteiger charge is 2.25. The van der Waals surface area contributed by atoms with E-state index in [4.69, 9.17) is 18.0 Å². The highest BCUT2D eigenvalue weighted by atomic mass is 79.9. The smallest absolute Gasteiger partial charge is 0.265 e. The lowest BCUT2D eigenvalue weighted by atomic mass is 10.2. The van der Waals surface area contributed by atoms with Crippen molar-refractivity contribution >= 4 is 48.8 Å². The van der Waals surface area contributed by atoms with Gasteiger partial charge in [-0.15, -0.1) is 0 Å². The molecular formula is C14H13BrN2O2S2. The first kappa shape index (κ1) is 15.9. The second-order valence-electron chi connectivity index (χ2n) is 4.28. The Morgan fingerprint density at radius 2 is 1.71 bits per heavy atom. The van der Waals surface area contributed by atoms with E-state index in [-0.39, 0.29) is 9.88 Å². The van der Waals surface area contributed by atoms with Gasteiger partial charge >= 0.3 is 0 Å². The highest BCUT2D eigenvalue weighted by Crippen LogP contribution is 2.29. The van der Waals surface area contributed by atoms with Crippen molar-refractivity contribution in [3.05, 3.63) is 58.6 Å². The van der Waals surface area contributed by atoms with Gasteiger partial charge in [0.05, 0.1) is 5.69 Å². The van der Waals surface area contributed by atoms with Crippen LogP contribution in [0, 0.1) is 0 Å². The van der Waals surface area contributed by atoms with E-state index >= 15 is 0 Å². The predicted molar refractivity (Wildman–Crippen MR) is 92.1 cm³/mol. The standard InChI is InChI=1S/C14H13BrN2O2S2/c1-17(12-8-4-2-6-10(12)14(16)20)21(18,19)13-9-5-3-7-11(13)15/h2-9H,1H3,(H2,16,20). The van der Waals surface area contributed by atoms with E-state index in [0.717, 1.165) is 0 Å². The molecule has 2 N–H and O–H groups in total. The summed E-state index contributed by atoms with van der Waals surface area (Å²) >= 11 is 8.25. The number of thiocarbonyl (C=S) groups is 1. The maximum Gasteiger partial charge on any atom is 0.265 e. The molecule has 7 heteroatoms.